The number of ether oxygens (including phenoxy) is 1. The van der Waals surface area contributed by atoms with Crippen molar-refractivity contribution in [3.05, 3.63) is 99.5 Å². The van der Waals surface area contributed by atoms with Gasteiger partial charge in [0.15, 0.2) is 5.82 Å². The maximum absolute atomic E-state index is 13.2. The van der Waals surface area contributed by atoms with E-state index in [0.29, 0.717) is 33.5 Å². The molecule has 0 amide bonds. The molecule has 8 heteroatoms. The number of aromatic nitrogens is 3. The third kappa shape index (κ3) is 4.53. The molecule has 30 heavy (non-hydrogen) atoms. The maximum Gasteiger partial charge on any atom is 0.214 e. The molecule has 4 rings (SSSR count). The van der Waals surface area contributed by atoms with Gasteiger partial charge in [0.25, 0.3) is 0 Å². The van der Waals surface area contributed by atoms with Gasteiger partial charge >= 0.3 is 0 Å². The molecule has 0 fully saturated rings. The van der Waals surface area contributed by atoms with Crippen molar-refractivity contribution in [1.82, 2.24) is 14.9 Å². The van der Waals surface area contributed by atoms with Gasteiger partial charge in [-0.05, 0) is 30.4 Å². The van der Waals surface area contributed by atoms with E-state index in [1.54, 1.807) is 10.7 Å². The van der Waals surface area contributed by atoms with E-state index < -0.39 is 0 Å². The molecule has 4 aromatic rings. The second kappa shape index (κ2) is 9.11. The minimum atomic E-state index is -0.376. The largest absolute Gasteiger partial charge is 0.488 e. The number of H-pyrrole nitrogens is 1. The van der Waals surface area contributed by atoms with Crippen molar-refractivity contribution in [1.29, 1.82) is 0 Å². The maximum atomic E-state index is 13.2. The molecular formula is C22H18ClFN4OS. The number of benzene rings is 3. The summed E-state index contributed by atoms with van der Waals surface area (Å²) < 4.78 is 21.4. The van der Waals surface area contributed by atoms with E-state index in [4.69, 9.17) is 28.6 Å². The number of aromatic amines is 1. The Morgan fingerprint density at radius 2 is 1.80 bits per heavy atom. The minimum Gasteiger partial charge on any atom is -0.488 e. The molecule has 1 heterocycles. The second-order valence-electron chi connectivity index (χ2n) is 6.52. The number of rotatable bonds is 7. The van der Waals surface area contributed by atoms with Crippen LogP contribution in [0.1, 0.15) is 11.1 Å². The highest BCUT2D eigenvalue weighted by molar-refractivity contribution is 7.71. The summed E-state index contributed by atoms with van der Waals surface area (Å²) in [5, 5.41) is 7.48. The fourth-order valence-electron chi connectivity index (χ4n) is 2.97. The van der Waals surface area contributed by atoms with E-state index in [1.807, 2.05) is 54.6 Å². The SMILES string of the molecule is Fc1ccc(COc2ccccc2CNn2c(-c3ccccc3)n[nH]c2=S)c(Cl)c1. The van der Waals surface area contributed by atoms with E-state index >= 15 is 0 Å². The molecule has 3 aromatic carbocycles. The Bertz CT molecular complexity index is 1210. The minimum absolute atomic E-state index is 0.233. The molecule has 0 saturated carbocycles. The van der Waals surface area contributed by atoms with Crippen LogP contribution in [0.2, 0.25) is 5.02 Å². The number of nitrogens with one attached hydrogen (secondary N) is 2. The fraction of sp³-hybridized carbons (Fsp3) is 0.0909. The molecule has 0 radical (unpaired) electrons. The van der Waals surface area contributed by atoms with Gasteiger partial charge in [-0.15, -0.1) is 0 Å². The van der Waals surface area contributed by atoms with Crippen molar-refractivity contribution in [3.63, 3.8) is 0 Å². The van der Waals surface area contributed by atoms with Crippen LogP contribution in [0, 0.1) is 10.6 Å². The van der Waals surface area contributed by atoms with Crippen LogP contribution in [0.5, 0.6) is 5.75 Å². The molecule has 1 aromatic heterocycles. The first kappa shape index (κ1) is 20.1. The van der Waals surface area contributed by atoms with Crippen LogP contribution in [-0.2, 0) is 13.2 Å². The van der Waals surface area contributed by atoms with Crippen molar-refractivity contribution in [2.24, 2.45) is 0 Å². The molecule has 152 valence electrons. The van der Waals surface area contributed by atoms with E-state index in [0.717, 1.165) is 11.1 Å². The topological polar surface area (TPSA) is 54.9 Å². The summed E-state index contributed by atoms with van der Waals surface area (Å²) in [5.41, 5.74) is 5.88. The van der Waals surface area contributed by atoms with Crippen LogP contribution in [0.3, 0.4) is 0 Å². The molecule has 0 bridgehead atoms. The molecule has 0 aliphatic heterocycles. The standard InChI is InChI=1S/C22H18ClFN4OS/c23-19-12-18(24)11-10-17(19)14-29-20-9-5-4-8-16(20)13-25-28-21(26-27-22(28)30)15-6-2-1-3-7-15/h1-12,25H,13-14H2,(H,27,30). The van der Waals surface area contributed by atoms with Gasteiger partial charge in [0.2, 0.25) is 4.77 Å². The number of para-hydroxylation sites is 1. The summed E-state index contributed by atoms with van der Waals surface area (Å²) in [6, 6.07) is 21.7. The molecule has 5 nitrogen and oxygen atoms in total. The van der Waals surface area contributed by atoms with E-state index in [-0.39, 0.29) is 12.4 Å². The van der Waals surface area contributed by atoms with Crippen LogP contribution in [0.25, 0.3) is 11.4 Å². The Morgan fingerprint density at radius 3 is 2.60 bits per heavy atom. The quantitative estimate of drug-likeness (QED) is 0.361. The van der Waals surface area contributed by atoms with Crippen molar-refractivity contribution in [3.8, 4) is 17.1 Å². The van der Waals surface area contributed by atoms with Crippen molar-refractivity contribution < 1.29 is 9.13 Å². The summed E-state index contributed by atoms with van der Waals surface area (Å²) in [6.07, 6.45) is 0. The van der Waals surface area contributed by atoms with Crippen LogP contribution >= 0.6 is 23.8 Å². The van der Waals surface area contributed by atoms with Gasteiger partial charge in [-0.1, -0.05) is 66.2 Å². The second-order valence-corrected chi connectivity index (χ2v) is 7.31. The van der Waals surface area contributed by atoms with Gasteiger partial charge in [-0.3, -0.25) is 0 Å². The summed E-state index contributed by atoms with van der Waals surface area (Å²) in [7, 11) is 0. The zero-order valence-corrected chi connectivity index (χ0v) is 17.4. The van der Waals surface area contributed by atoms with Gasteiger partial charge in [-0.2, -0.15) is 5.10 Å². The number of hydrogen-bond acceptors (Lipinski definition) is 4. The molecule has 2 N–H and O–H groups in total. The van der Waals surface area contributed by atoms with Crippen molar-refractivity contribution >= 4 is 23.8 Å². The summed E-state index contributed by atoms with van der Waals surface area (Å²) in [6.45, 7) is 0.692. The molecule has 0 atom stereocenters. The van der Waals surface area contributed by atoms with E-state index in [2.05, 4.69) is 15.6 Å². The Hall–Kier alpha value is -3.16. The Kier molecular flexibility index (Phi) is 6.11. The highest BCUT2D eigenvalue weighted by Crippen LogP contribution is 2.23. The van der Waals surface area contributed by atoms with Crippen LogP contribution in [0.15, 0.2) is 72.8 Å². The van der Waals surface area contributed by atoms with Crippen LogP contribution < -0.4 is 10.2 Å². The summed E-state index contributed by atoms with van der Waals surface area (Å²) >= 11 is 11.5. The highest BCUT2D eigenvalue weighted by atomic mass is 35.5. The first-order chi connectivity index (χ1) is 14.6. The average Bonchev–Trinajstić information content (AvgIpc) is 3.13. The summed E-state index contributed by atoms with van der Waals surface area (Å²) in [5.74, 6) is 1.01. The molecular weight excluding hydrogens is 423 g/mol. The van der Waals surface area contributed by atoms with Crippen LogP contribution in [-0.4, -0.2) is 14.9 Å². The lowest BCUT2D eigenvalue weighted by molar-refractivity contribution is 0.303. The molecule has 0 aliphatic carbocycles. The molecule has 0 unspecified atom stereocenters. The van der Waals surface area contributed by atoms with Gasteiger partial charge < -0.3 is 10.2 Å². The third-order valence-electron chi connectivity index (χ3n) is 4.50. The van der Waals surface area contributed by atoms with Gasteiger partial charge in [0.1, 0.15) is 18.2 Å². The molecule has 0 spiro atoms. The molecule has 0 aliphatic rings. The smallest absolute Gasteiger partial charge is 0.214 e. The number of hydrogen-bond donors (Lipinski definition) is 2. The zero-order valence-electron chi connectivity index (χ0n) is 15.8. The third-order valence-corrected chi connectivity index (χ3v) is 5.13. The normalized spacial score (nSPS) is 10.7. The average molecular weight is 441 g/mol. The fourth-order valence-corrected chi connectivity index (χ4v) is 3.39. The monoisotopic (exact) mass is 440 g/mol. The van der Waals surface area contributed by atoms with Gasteiger partial charge in [0.05, 0.1) is 11.6 Å². The summed E-state index contributed by atoms with van der Waals surface area (Å²) in [4.78, 5) is 0. The lowest BCUT2D eigenvalue weighted by Crippen LogP contribution is -2.16. The van der Waals surface area contributed by atoms with Crippen LogP contribution in [0.4, 0.5) is 4.39 Å². The Balaban J connectivity index is 1.51. The lowest BCUT2D eigenvalue weighted by Gasteiger charge is -2.14. The number of nitrogens with zero attached hydrogens (tertiary/aromatic N) is 2. The van der Waals surface area contributed by atoms with Crippen molar-refractivity contribution in [2.75, 3.05) is 5.43 Å². The van der Waals surface area contributed by atoms with Gasteiger partial charge in [-0.25, -0.2) is 14.2 Å². The highest BCUT2D eigenvalue weighted by Gasteiger charge is 2.10. The Labute approximate surface area is 183 Å². The predicted octanol–water partition coefficient (Wildman–Crippen LogP) is 5.72. The van der Waals surface area contributed by atoms with Gasteiger partial charge in [0, 0.05) is 16.7 Å². The first-order valence-corrected chi connectivity index (χ1v) is 10.0. The first-order valence-electron chi connectivity index (χ1n) is 9.23. The predicted molar refractivity (Wildman–Crippen MR) is 118 cm³/mol. The van der Waals surface area contributed by atoms with Crippen molar-refractivity contribution in [2.45, 2.75) is 13.2 Å². The zero-order chi connectivity index (χ0) is 20.9. The Morgan fingerprint density at radius 1 is 1.03 bits per heavy atom. The van der Waals surface area contributed by atoms with E-state index in [9.17, 15) is 4.39 Å². The van der Waals surface area contributed by atoms with E-state index in [1.165, 1.54) is 12.1 Å². The number of halogens is 2. The lowest BCUT2D eigenvalue weighted by atomic mass is 10.2. The molecule has 0 saturated heterocycles.